The lowest BCUT2D eigenvalue weighted by Gasteiger charge is -2.45. The molecule has 2 aliphatic rings. The van der Waals surface area contributed by atoms with Gasteiger partial charge in [-0.25, -0.2) is 0 Å². The largest absolute Gasteiger partial charge is 0.380 e. The molecule has 2 fully saturated rings. The Hall–Kier alpha value is -0.0800. The molecule has 0 radical (unpaired) electrons. The highest BCUT2D eigenvalue weighted by atomic mass is 16.5. The average molecular weight is 127 g/mol. The summed E-state index contributed by atoms with van der Waals surface area (Å²) in [5.74, 6) is 0. The molecule has 9 heavy (non-hydrogen) atoms. The van der Waals surface area contributed by atoms with E-state index >= 15 is 0 Å². The van der Waals surface area contributed by atoms with Crippen LogP contribution >= 0.6 is 0 Å². The molecule has 1 spiro atoms. The van der Waals surface area contributed by atoms with Crippen molar-refractivity contribution < 1.29 is 4.74 Å². The van der Waals surface area contributed by atoms with Crippen LogP contribution in [0.25, 0.3) is 0 Å². The first-order chi connectivity index (χ1) is 4.41. The minimum atomic E-state index is 0.429. The van der Waals surface area contributed by atoms with Crippen molar-refractivity contribution in [2.24, 2.45) is 0 Å². The van der Waals surface area contributed by atoms with E-state index in [0.717, 1.165) is 13.2 Å². The molecule has 0 amide bonds. The minimum absolute atomic E-state index is 0.429. The molecule has 0 bridgehead atoms. The number of rotatable bonds is 0. The summed E-state index contributed by atoms with van der Waals surface area (Å²) in [6, 6.07) is 0. The summed E-state index contributed by atoms with van der Waals surface area (Å²) in [7, 11) is 0. The molecule has 1 N–H and O–H groups in total. The molecule has 1 atom stereocenters. The number of hydrogen-bond donors (Lipinski definition) is 1. The highest BCUT2D eigenvalue weighted by Gasteiger charge is 2.37. The van der Waals surface area contributed by atoms with Crippen LogP contribution in [0.4, 0.5) is 0 Å². The highest BCUT2D eigenvalue weighted by molar-refractivity contribution is 4.97. The van der Waals surface area contributed by atoms with Crippen LogP contribution in [0, 0.1) is 0 Å². The number of ether oxygens (including phenoxy) is 1. The molecule has 0 saturated carbocycles. The second-order valence-electron chi connectivity index (χ2n) is 3.11. The van der Waals surface area contributed by atoms with Crippen LogP contribution < -0.4 is 5.32 Å². The van der Waals surface area contributed by atoms with Crippen molar-refractivity contribution in [3.05, 3.63) is 0 Å². The van der Waals surface area contributed by atoms with Crippen LogP contribution in [-0.4, -0.2) is 25.3 Å². The van der Waals surface area contributed by atoms with E-state index in [1.165, 1.54) is 25.8 Å². The Labute approximate surface area is 55.6 Å². The Bertz CT molecular complexity index is 101. The van der Waals surface area contributed by atoms with Gasteiger partial charge in [0.1, 0.15) is 0 Å². The number of hydrogen-bond acceptors (Lipinski definition) is 2. The van der Waals surface area contributed by atoms with Gasteiger partial charge in [-0.2, -0.15) is 0 Å². The van der Waals surface area contributed by atoms with Crippen LogP contribution in [-0.2, 0) is 4.74 Å². The van der Waals surface area contributed by atoms with E-state index in [1.807, 2.05) is 0 Å². The van der Waals surface area contributed by atoms with E-state index < -0.39 is 0 Å². The van der Waals surface area contributed by atoms with Gasteiger partial charge in [0.05, 0.1) is 6.61 Å². The molecule has 0 aromatic heterocycles. The topological polar surface area (TPSA) is 21.3 Å². The molecule has 52 valence electrons. The Kier molecular flexibility index (Phi) is 1.24. The van der Waals surface area contributed by atoms with Gasteiger partial charge in [0.25, 0.3) is 0 Å². The molecule has 2 rings (SSSR count). The molecule has 2 saturated heterocycles. The molecule has 0 unspecified atom stereocenters. The van der Waals surface area contributed by atoms with Gasteiger partial charge in [-0.3, -0.25) is 0 Å². The second-order valence-corrected chi connectivity index (χ2v) is 3.11. The maximum Gasteiger partial charge on any atom is 0.0648 e. The van der Waals surface area contributed by atoms with E-state index in [4.69, 9.17) is 4.74 Å². The lowest BCUT2D eigenvalue weighted by atomic mass is 9.83. The van der Waals surface area contributed by atoms with Crippen molar-refractivity contribution in [1.82, 2.24) is 5.32 Å². The Morgan fingerprint density at radius 2 is 2.22 bits per heavy atom. The van der Waals surface area contributed by atoms with Crippen LogP contribution in [0.5, 0.6) is 0 Å². The summed E-state index contributed by atoms with van der Waals surface area (Å²) in [6.45, 7) is 3.12. The zero-order valence-electron chi connectivity index (χ0n) is 5.65. The Morgan fingerprint density at radius 1 is 1.33 bits per heavy atom. The Morgan fingerprint density at radius 3 is 2.56 bits per heavy atom. The molecule has 0 aromatic rings. The predicted octanol–water partition coefficient (Wildman–Crippen LogP) is 0.529. The molecular formula is C7H13NO. The quantitative estimate of drug-likeness (QED) is 0.512. The molecular weight excluding hydrogens is 114 g/mol. The first-order valence-corrected chi connectivity index (χ1v) is 3.74. The zero-order valence-corrected chi connectivity index (χ0v) is 5.65. The van der Waals surface area contributed by atoms with E-state index in [2.05, 4.69) is 5.32 Å². The third-order valence-electron chi connectivity index (χ3n) is 2.43. The van der Waals surface area contributed by atoms with Gasteiger partial charge in [0, 0.05) is 12.1 Å². The summed E-state index contributed by atoms with van der Waals surface area (Å²) in [6.07, 6.45) is 3.90. The summed E-state index contributed by atoms with van der Waals surface area (Å²) in [4.78, 5) is 0. The smallest absolute Gasteiger partial charge is 0.0648 e. The molecule has 2 nitrogen and oxygen atoms in total. The standard InChI is InChI=1S/C7H13NO/c1-2-7(3-4-8-7)6-9-5-1/h8H,1-6H2/t7-/m0/s1. The Balaban J connectivity index is 1.93. The maximum absolute atomic E-state index is 5.36. The van der Waals surface area contributed by atoms with Crippen molar-refractivity contribution in [2.45, 2.75) is 24.8 Å². The van der Waals surface area contributed by atoms with Gasteiger partial charge < -0.3 is 10.1 Å². The average Bonchev–Trinajstić information content (AvgIpc) is 1.87. The zero-order chi connectivity index (χ0) is 6.16. The van der Waals surface area contributed by atoms with Crippen molar-refractivity contribution >= 4 is 0 Å². The van der Waals surface area contributed by atoms with Crippen LogP contribution in [0.1, 0.15) is 19.3 Å². The molecule has 2 aliphatic heterocycles. The molecule has 2 heterocycles. The van der Waals surface area contributed by atoms with Crippen molar-refractivity contribution in [3.8, 4) is 0 Å². The van der Waals surface area contributed by atoms with E-state index in [9.17, 15) is 0 Å². The van der Waals surface area contributed by atoms with Gasteiger partial charge in [0.15, 0.2) is 0 Å². The van der Waals surface area contributed by atoms with Crippen molar-refractivity contribution in [2.75, 3.05) is 19.8 Å². The van der Waals surface area contributed by atoms with E-state index in [-0.39, 0.29) is 0 Å². The first-order valence-electron chi connectivity index (χ1n) is 3.74. The summed E-state index contributed by atoms with van der Waals surface area (Å²) in [5.41, 5.74) is 0.429. The third-order valence-corrected chi connectivity index (χ3v) is 2.43. The van der Waals surface area contributed by atoms with Gasteiger partial charge in [-0.05, 0) is 25.8 Å². The molecule has 0 aliphatic carbocycles. The fourth-order valence-corrected chi connectivity index (χ4v) is 1.67. The van der Waals surface area contributed by atoms with Crippen LogP contribution in [0.3, 0.4) is 0 Å². The fourth-order valence-electron chi connectivity index (χ4n) is 1.67. The normalized spacial score (nSPS) is 42.7. The summed E-state index contributed by atoms with van der Waals surface area (Å²) in [5, 5.41) is 3.44. The second kappa shape index (κ2) is 1.96. The van der Waals surface area contributed by atoms with Crippen molar-refractivity contribution in [1.29, 1.82) is 0 Å². The predicted molar refractivity (Wildman–Crippen MR) is 35.4 cm³/mol. The van der Waals surface area contributed by atoms with E-state index in [0.29, 0.717) is 5.54 Å². The van der Waals surface area contributed by atoms with Crippen LogP contribution in [0.15, 0.2) is 0 Å². The lowest BCUT2D eigenvalue weighted by molar-refractivity contribution is -0.0113. The minimum Gasteiger partial charge on any atom is -0.380 e. The van der Waals surface area contributed by atoms with Crippen LogP contribution in [0.2, 0.25) is 0 Å². The summed E-state index contributed by atoms with van der Waals surface area (Å²) >= 11 is 0. The van der Waals surface area contributed by atoms with Gasteiger partial charge in [-0.1, -0.05) is 0 Å². The first kappa shape index (κ1) is 5.69. The lowest BCUT2D eigenvalue weighted by Crippen LogP contribution is -2.61. The molecule has 2 heteroatoms. The molecule has 0 aromatic carbocycles. The monoisotopic (exact) mass is 127 g/mol. The maximum atomic E-state index is 5.36. The number of nitrogens with one attached hydrogen (secondary N) is 1. The fraction of sp³-hybridized carbons (Fsp3) is 1.00. The van der Waals surface area contributed by atoms with Crippen molar-refractivity contribution in [3.63, 3.8) is 0 Å². The third kappa shape index (κ3) is 0.864. The van der Waals surface area contributed by atoms with Gasteiger partial charge >= 0.3 is 0 Å². The summed E-state index contributed by atoms with van der Waals surface area (Å²) < 4.78 is 5.36. The van der Waals surface area contributed by atoms with Gasteiger partial charge in [-0.15, -0.1) is 0 Å². The SMILES string of the molecule is C1COC[C@]2(C1)CCN2. The van der Waals surface area contributed by atoms with E-state index in [1.54, 1.807) is 0 Å². The highest BCUT2D eigenvalue weighted by Crippen LogP contribution is 2.27. The van der Waals surface area contributed by atoms with Gasteiger partial charge in [0.2, 0.25) is 0 Å².